The molecule has 0 atom stereocenters. The molecule has 4 heteroatoms. The molecule has 1 heterocycles. The summed E-state index contributed by atoms with van der Waals surface area (Å²) in [5.74, 6) is 0. The summed E-state index contributed by atoms with van der Waals surface area (Å²) in [5, 5.41) is 0. The number of fused-ring (bicyclic) bond motifs is 1. The predicted octanol–water partition coefficient (Wildman–Crippen LogP) is 6.80. The van der Waals surface area contributed by atoms with Gasteiger partial charge in [0, 0.05) is 49.3 Å². The Hall–Kier alpha value is -4.18. The fourth-order valence-electron chi connectivity index (χ4n) is 3.96. The van der Waals surface area contributed by atoms with E-state index in [4.69, 9.17) is 9.97 Å². The Balaban J connectivity index is 1.59. The van der Waals surface area contributed by atoms with Gasteiger partial charge in [-0.25, -0.2) is 9.97 Å². The highest BCUT2D eigenvalue weighted by Crippen LogP contribution is 2.33. The molecule has 0 amide bonds. The molecule has 5 aromatic rings. The molecule has 5 rings (SSSR count). The Labute approximate surface area is 194 Å². The zero-order valence-electron chi connectivity index (χ0n) is 19.1. The van der Waals surface area contributed by atoms with Crippen molar-refractivity contribution in [3.8, 4) is 22.5 Å². The summed E-state index contributed by atoms with van der Waals surface area (Å²) in [6, 6.07) is 35.4. The van der Waals surface area contributed by atoms with Gasteiger partial charge in [-0.05, 0) is 48.5 Å². The summed E-state index contributed by atoms with van der Waals surface area (Å²) in [7, 11) is 6.17. The van der Waals surface area contributed by atoms with Crippen LogP contribution in [0.5, 0.6) is 0 Å². The van der Waals surface area contributed by atoms with E-state index in [2.05, 4.69) is 89.6 Å². The molecule has 0 unspecified atom stereocenters. The van der Waals surface area contributed by atoms with Crippen LogP contribution in [-0.2, 0) is 0 Å². The van der Waals surface area contributed by atoms with Crippen LogP contribution in [0, 0.1) is 0 Å². The third-order valence-electron chi connectivity index (χ3n) is 5.90. The number of para-hydroxylation sites is 3. The van der Waals surface area contributed by atoms with Crippen molar-refractivity contribution in [2.75, 3.05) is 30.9 Å². The molecule has 0 fully saturated rings. The van der Waals surface area contributed by atoms with Crippen molar-refractivity contribution in [3.63, 3.8) is 0 Å². The van der Waals surface area contributed by atoms with E-state index in [1.165, 1.54) is 0 Å². The van der Waals surface area contributed by atoms with E-state index in [0.717, 1.165) is 50.6 Å². The first kappa shape index (κ1) is 20.7. The Kier molecular flexibility index (Phi) is 5.49. The second-order valence-electron chi connectivity index (χ2n) is 8.29. The van der Waals surface area contributed by atoms with Crippen LogP contribution >= 0.6 is 0 Å². The maximum absolute atomic E-state index is 5.03. The molecule has 0 aliphatic heterocycles. The smallest absolute Gasteiger partial charge is 0.0973 e. The van der Waals surface area contributed by atoms with Crippen molar-refractivity contribution in [2.45, 2.75) is 0 Å². The van der Waals surface area contributed by atoms with Gasteiger partial charge in [0.2, 0.25) is 0 Å². The fraction of sp³-hybridized carbons (Fsp3) is 0.103. The topological polar surface area (TPSA) is 32.3 Å². The van der Waals surface area contributed by atoms with E-state index in [0.29, 0.717) is 0 Å². The van der Waals surface area contributed by atoms with Gasteiger partial charge in [0.25, 0.3) is 0 Å². The monoisotopic (exact) mass is 430 g/mol. The van der Waals surface area contributed by atoms with Gasteiger partial charge in [0.1, 0.15) is 0 Å². The maximum atomic E-state index is 5.03. The molecular weight excluding hydrogens is 404 g/mol. The molecule has 1 aromatic heterocycles. The van der Waals surface area contributed by atoms with Crippen molar-refractivity contribution >= 4 is 28.1 Å². The molecule has 0 spiro atoms. The predicted molar refractivity (Wildman–Crippen MR) is 139 cm³/mol. The second kappa shape index (κ2) is 8.75. The van der Waals surface area contributed by atoms with Gasteiger partial charge in [0.05, 0.1) is 22.4 Å². The van der Waals surface area contributed by atoms with Gasteiger partial charge in [-0.15, -0.1) is 0 Å². The van der Waals surface area contributed by atoms with E-state index >= 15 is 0 Å². The Bertz CT molecular complexity index is 1380. The SMILES string of the molecule is CN(C)c1ccc(-c2nc3ccccc3nc2-c2ccc(N(C)c3ccccc3)cc2)cc1. The van der Waals surface area contributed by atoms with E-state index in [1.54, 1.807) is 0 Å². The molecule has 4 aromatic carbocycles. The zero-order chi connectivity index (χ0) is 22.8. The Morgan fingerprint density at radius 1 is 0.455 bits per heavy atom. The molecule has 33 heavy (non-hydrogen) atoms. The summed E-state index contributed by atoms with van der Waals surface area (Å²) >= 11 is 0. The quantitative estimate of drug-likeness (QED) is 0.307. The van der Waals surface area contributed by atoms with Gasteiger partial charge >= 0.3 is 0 Å². The highest BCUT2D eigenvalue weighted by molar-refractivity contribution is 5.86. The van der Waals surface area contributed by atoms with Crippen LogP contribution in [0.2, 0.25) is 0 Å². The number of benzene rings is 4. The van der Waals surface area contributed by atoms with Crippen LogP contribution < -0.4 is 9.80 Å². The van der Waals surface area contributed by atoms with Crippen molar-refractivity contribution < 1.29 is 0 Å². The fourth-order valence-corrected chi connectivity index (χ4v) is 3.96. The minimum atomic E-state index is 0.889. The molecule has 0 aliphatic rings. The summed E-state index contributed by atoms with van der Waals surface area (Å²) < 4.78 is 0. The maximum Gasteiger partial charge on any atom is 0.0973 e. The number of nitrogens with zero attached hydrogens (tertiary/aromatic N) is 4. The molecule has 0 radical (unpaired) electrons. The largest absolute Gasteiger partial charge is 0.378 e. The van der Waals surface area contributed by atoms with Crippen LogP contribution in [0.1, 0.15) is 0 Å². The average molecular weight is 431 g/mol. The first-order valence-electron chi connectivity index (χ1n) is 11.0. The number of aromatic nitrogens is 2. The number of hydrogen-bond donors (Lipinski definition) is 0. The third kappa shape index (κ3) is 4.15. The minimum absolute atomic E-state index is 0.889. The molecule has 0 N–H and O–H groups in total. The van der Waals surface area contributed by atoms with Gasteiger partial charge in [0.15, 0.2) is 0 Å². The summed E-state index contributed by atoms with van der Waals surface area (Å²) in [6.07, 6.45) is 0. The van der Waals surface area contributed by atoms with Crippen LogP contribution in [0.3, 0.4) is 0 Å². The van der Waals surface area contributed by atoms with Crippen LogP contribution in [0.4, 0.5) is 17.1 Å². The Morgan fingerprint density at radius 2 is 0.879 bits per heavy atom. The molecule has 0 bridgehead atoms. The van der Waals surface area contributed by atoms with E-state index in [-0.39, 0.29) is 0 Å². The van der Waals surface area contributed by atoms with Gasteiger partial charge in [-0.3, -0.25) is 0 Å². The summed E-state index contributed by atoms with van der Waals surface area (Å²) in [5.41, 5.74) is 9.10. The third-order valence-corrected chi connectivity index (χ3v) is 5.90. The van der Waals surface area contributed by atoms with Crippen molar-refractivity contribution in [1.29, 1.82) is 0 Å². The lowest BCUT2D eigenvalue weighted by molar-refractivity contribution is 1.13. The average Bonchev–Trinajstić information content (AvgIpc) is 2.88. The lowest BCUT2D eigenvalue weighted by Gasteiger charge is -2.20. The van der Waals surface area contributed by atoms with E-state index in [1.807, 2.05) is 44.4 Å². The first-order valence-corrected chi connectivity index (χ1v) is 11.0. The lowest BCUT2D eigenvalue weighted by Crippen LogP contribution is -2.08. The molecular formula is C29H26N4. The molecule has 162 valence electrons. The second-order valence-corrected chi connectivity index (χ2v) is 8.29. The van der Waals surface area contributed by atoms with Crippen molar-refractivity contribution in [3.05, 3.63) is 103 Å². The molecule has 0 saturated heterocycles. The van der Waals surface area contributed by atoms with Crippen LogP contribution in [0.15, 0.2) is 103 Å². The molecule has 0 saturated carbocycles. The minimum Gasteiger partial charge on any atom is -0.378 e. The lowest BCUT2D eigenvalue weighted by atomic mass is 10.0. The number of rotatable bonds is 5. The van der Waals surface area contributed by atoms with E-state index in [9.17, 15) is 0 Å². The normalized spacial score (nSPS) is 10.9. The standard InChI is InChI=1S/C29H26N4/c1-32(2)23-17-13-21(14-18-23)28-29(31-27-12-8-7-11-26(27)30-28)22-15-19-25(20-16-22)33(3)24-9-5-4-6-10-24/h4-20H,1-3H3. The molecule has 4 nitrogen and oxygen atoms in total. The van der Waals surface area contributed by atoms with Crippen LogP contribution in [0.25, 0.3) is 33.5 Å². The summed E-state index contributed by atoms with van der Waals surface area (Å²) in [6.45, 7) is 0. The first-order chi connectivity index (χ1) is 16.1. The van der Waals surface area contributed by atoms with Crippen LogP contribution in [-0.4, -0.2) is 31.1 Å². The number of hydrogen-bond acceptors (Lipinski definition) is 4. The Morgan fingerprint density at radius 3 is 1.36 bits per heavy atom. The number of anilines is 3. The zero-order valence-corrected chi connectivity index (χ0v) is 19.1. The van der Waals surface area contributed by atoms with E-state index < -0.39 is 0 Å². The van der Waals surface area contributed by atoms with Gasteiger partial charge < -0.3 is 9.80 Å². The molecule has 0 aliphatic carbocycles. The highest BCUT2D eigenvalue weighted by Gasteiger charge is 2.14. The van der Waals surface area contributed by atoms with Crippen molar-refractivity contribution in [2.24, 2.45) is 0 Å². The summed E-state index contributed by atoms with van der Waals surface area (Å²) in [4.78, 5) is 14.3. The van der Waals surface area contributed by atoms with Gasteiger partial charge in [-0.1, -0.05) is 54.6 Å². The van der Waals surface area contributed by atoms with Gasteiger partial charge in [-0.2, -0.15) is 0 Å². The highest BCUT2D eigenvalue weighted by atomic mass is 15.1. The van der Waals surface area contributed by atoms with Crippen molar-refractivity contribution in [1.82, 2.24) is 9.97 Å².